The Morgan fingerprint density at radius 2 is 1.77 bits per heavy atom. The van der Waals surface area contributed by atoms with Gasteiger partial charge in [-0.05, 0) is 58.1 Å². The zero-order valence-electron chi connectivity index (χ0n) is 19.2. The van der Waals surface area contributed by atoms with Gasteiger partial charge in [0, 0.05) is 37.0 Å². The molecule has 6 nitrogen and oxygen atoms in total. The van der Waals surface area contributed by atoms with Gasteiger partial charge in [-0.25, -0.2) is 9.78 Å². The van der Waals surface area contributed by atoms with Gasteiger partial charge in [0.25, 0.3) is 0 Å². The number of carbonyl (C=O) groups excluding carboxylic acids is 2. The predicted octanol–water partition coefficient (Wildman–Crippen LogP) is 4.30. The van der Waals surface area contributed by atoms with Gasteiger partial charge >= 0.3 is 6.09 Å². The van der Waals surface area contributed by atoms with E-state index < -0.39 is 5.60 Å². The summed E-state index contributed by atoms with van der Waals surface area (Å²) in [5, 5.41) is 0. The van der Waals surface area contributed by atoms with Crippen LogP contribution in [0, 0.1) is 31.6 Å². The number of carbonyl (C=O) groups is 2. The van der Waals surface area contributed by atoms with Crippen LogP contribution in [0.3, 0.4) is 0 Å². The van der Waals surface area contributed by atoms with E-state index in [9.17, 15) is 9.59 Å². The third-order valence-corrected chi connectivity index (χ3v) is 6.48. The van der Waals surface area contributed by atoms with Gasteiger partial charge in [0.05, 0.1) is 11.2 Å². The zero-order chi connectivity index (χ0) is 22.0. The molecule has 4 rings (SSSR count). The molecular formula is C24H33N3O3. The minimum Gasteiger partial charge on any atom is -0.444 e. The van der Waals surface area contributed by atoms with E-state index in [1.54, 1.807) is 4.90 Å². The van der Waals surface area contributed by atoms with Gasteiger partial charge in [-0.1, -0.05) is 19.9 Å². The van der Waals surface area contributed by atoms with Crippen molar-refractivity contribution in [2.75, 3.05) is 13.1 Å². The number of Topliss-reactive ketones (excluding diaryl/α,β-unsaturated/α-hetero) is 1. The largest absolute Gasteiger partial charge is 0.444 e. The van der Waals surface area contributed by atoms with Gasteiger partial charge in [0.2, 0.25) is 0 Å². The first kappa shape index (κ1) is 20.9. The number of imidazole rings is 1. The summed E-state index contributed by atoms with van der Waals surface area (Å²) in [7, 11) is 0. The summed E-state index contributed by atoms with van der Waals surface area (Å²) in [5.41, 5.74) is 2.47. The molecule has 0 N–H and O–H groups in total. The maximum atomic E-state index is 13.2. The molecule has 2 aliphatic rings. The highest BCUT2D eigenvalue weighted by atomic mass is 16.6. The van der Waals surface area contributed by atoms with Gasteiger partial charge < -0.3 is 14.0 Å². The van der Waals surface area contributed by atoms with Gasteiger partial charge in [0.15, 0.2) is 0 Å². The lowest BCUT2D eigenvalue weighted by atomic mass is 9.84. The Morgan fingerprint density at radius 1 is 1.13 bits per heavy atom. The second-order valence-corrected chi connectivity index (χ2v) is 10.7. The molecule has 0 bridgehead atoms. The average molecular weight is 412 g/mol. The summed E-state index contributed by atoms with van der Waals surface area (Å²) in [4.78, 5) is 32.0. The van der Waals surface area contributed by atoms with E-state index in [4.69, 9.17) is 9.72 Å². The van der Waals surface area contributed by atoms with Crippen LogP contribution < -0.4 is 0 Å². The molecule has 162 valence electrons. The Bertz CT molecular complexity index is 1000. The van der Waals surface area contributed by atoms with Crippen LogP contribution in [0.1, 0.15) is 58.1 Å². The molecule has 2 aromatic rings. The summed E-state index contributed by atoms with van der Waals surface area (Å²) in [6, 6.07) is 4.12. The zero-order valence-corrected chi connectivity index (χ0v) is 19.2. The number of hydrogen-bond acceptors (Lipinski definition) is 4. The van der Waals surface area contributed by atoms with E-state index in [0.29, 0.717) is 25.3 Å². The molecule has 2 fully saturated rings. The van der Waals surface area contributed by atoms with Crippen LogP contribution in [0.5, 0.6) is 0 Å². The number of ketones is 1. The Hall–Kier alpha value is -2.37. The van der Waals surface area contributed by atoms with Crippen molar-refractivity contribution in [3.8, 4) is 0 Å². The molecule has 1 aliphatic carbocycles. The molecule has 1 unspecified atom stereocenters. The molecule has 3 atom stereocenters. The Morgan fingerprint density at radius 3 is 2.37 bits per heavy atom. The Kier molecular flexibility index (Phi) is 4.75. The highest BCUT2D eigenvalue weighted by Gasteiger charge is 2.60. The van der Waals surface area contributed by atoms with Crippen LogP contribution in [-0.2, 0) is 14.9 Å². The number of amides is 1. The van der Waals surface area contributed by atoms with E-state index in [2.05, 4.69) is 31.2 Å². The quantitative estimate of drug-likeness (QED) is 0.752. The molecule has 0 radical (unpaired) electrons. The molecule has 1 aliphatic heterocycles. The molecule has 1 saturated carbocycles. The van der Waals surface area contributed by atoms with E-state index >= 15 is 0 Å². The topological polar surface area (TPSA) is 63.9 Å². The van der Waals surface area contributed by atoms with E-state index in [0.717, 1.165) is 17.0 Å². The van der Waals surface area contributed by atoms with Crippen molar-refractivity contribution in [3.63, 3.8) is 0 Å². The van der Waals surface area contributed by atoms with Gasteiger partial charge in [0.1, 0.15) is 17.2 Å². The number of rotatable bonds is 4. The number of pyridine rings is 1. The van der Waals surface area contributed by atoms with Crippen LogP contribution in [0.2, 0.25) is 0 Å². The van der Waals surface area contributed by atoms with Crippen LogP contribution in [0.4, 0.5) is 4.79 Å². The molecule has 0 spiro atoms. The lowest BCUT2D eigenvalue weighted by molar-refractivity contribution is -0.122. The predicted molar refractivity (Wildman–Crippen MR) is 116 cm³/mol. The normalized spacial score (nSPS) is 23.6. The van der Waals surface area contributed by atoms with Crippen molar-refractivity contribution in [3.05, 3.63) is 35.4 Å². The molecule has 30 heavy (non-hydrogen) atoms. The SMILES string of the molecule is Cc1cccn2c(C(C)(C)CC(=O)C3[C@H]4CN(C(=O)OC(C)(C)C)C[C@@H]34)nc(C)c12. The maximum Gasteiger partial charge on any atom is 0.410 e. The Balaban J connectivity index is 1.43. The summed E-state index contributed by atoms with van der Waals surface area (Å²) in [6.45, 7) is 15.2. The Labute approximate surface area is 178 Å². The first-order chi connectivity index (χ1) is 13.9. The number of fused-ring (bicyclic) bond motifs is 2. The monoisotopic (exact) mass is 411 g/mol. The van der Waals surface area contributed by atoms with Crippen molar-refractivity contribution >= 4 is 17.4 Å². The molecule has 6 heteroatoms. The molecule has 1 amide bonds. The van der Waals surface area contributed by atoms with Crippen molar-refractivity contribution in [2.45, 2.75) is 65.9 Å². The summed E-state index contributed by atoms with van der Waals surface area (Å²) in [6.07, 6.45) is 2.23. The highest BCUT2D eigenvalue weighted by Crippen LogP contribution is 2.53. The van der Waals surface area contributed by atoms with Gasteiger partial charge in [-0.3, -0.25) is 4.79 Å². The fraction of sp³-hybridized carbons (Fsp3) is 0.625. The van der Waals surface area contributed by atoms with Gasteiger partial charge in [-0.2, -0.15) is 0 Å². The number of hydrogen-bond donors (Lipinski definition) is 0. The standard InChI is InChI=1S/C24H33N3O3/c1-14-9-8-10-27-20(14)15(2)25-21(27)24(6,7)11-18(28)19-16-12-26(13-17(16)19)22(29)30-23(3,4)5/h8-10,16-17,19H,11-13H2,1-7H3/t16-,17+,19?. The van der Waals surface area contributed by atoms with Crippen LogP contribution in [-0.4, -0.2) is 44.9 Å². The lowest BCUT2D eigenvalue weighted by Gasteiger charge is -2.26. The van der Waals surface area contributed by atoms with Crippen LogP contribution in [0.15, 0.2) is 18.3 Å². The van der Waals surface area contributed by atoms with Crippen LogP contribution in [0.25, 0.3) is 5.52 Å². The number of aryl methyl sites for hydroxylation is 2. The number of piperidine rings is 1. The lowest BCUT2D eigenvalue weighted by Crippen LogP contribution is -2.38. The first-order valence-corrected chi connectivity index (χ1v) is 10.8. The van der Waals surface area contributed by atoms with Crippen molar-refractivity contribution in [1.82, 2.24) is 14.3 Å². The highest BCUT2D eigenvalue weighted by molar-refractivity contribution is 5.86. The van der Waals surface area contributed by atoms with E-state index in [1.807, 2.05) is 40.0 Å². The van der Waals surface area contributed by atoms with Crippen molar-refractivity contribution < 1.29 is 14.3 Å². The first-order valence-electron chi connectivity index (χ1n) is 10.8. The second-order valence-electron chi connectivity index (χ2n) is 10.7. The summed E-state index contributed by atoms with van der Waals surface area (Å²) in [5.74, 6) is 1.86. The maximum absolute atomic E-state index is 13.2. The van der Waals surface area contributed by atoms with E-state index in [-0.39, 0.29) is 29.3 Å². The molecule has 1 saturated heterocycles. The third kappa shape index (κ3) is 3.61. The van der Waals surface area contributed by atoms with E-state index in [1.165, 1.54) is 5.56 Å². The summed E-state index contributed by atoms with van der Waals surface area (Å²) >= 11 is 0. The fourth-order valence-electron chi connectivity index (χ4n) is 5.11. The smallest absolute Gasteiger partial charge is 0.410 e. The number of aromatic nitrogens is 2. The molecule has 0 aromatic carbocycles. The van der Waals surface area contributed by atoms with Crippen molar-refractivity contribution in [2.24, 2.45) is 17.8 Å². The molecule has 3 heterocycles. The number of nitrogens with zero attached hydrogens (tertiary/aromatic N) is 3. The second kappa shape index (κ2) is 6.82. The van der Waals surface area contributed by atoms with Crippen LogP contribution >= 0.6 is 0 Å². The van der Waals surface area contributed by atoms with Gasteiger partial charge in [-0.15, -0.1) is 0 Å². The fourth-order valence-corrected chi connectivity index (χ4v) is 5.11. The average Bonchev–Trinajstić information content (AvgIpc) is 2.95. The van der Waals surface area contributed by atoms with Crippen molar-refractivity contribution in [1.29, 1.82) is 0 Å². The minimum atomic E-state index is -0.493. The molecule has 2 aromatic heterocycles. The minimum absolute atomic E-state index is 0.0667. The number of ether oxygens (including phenoxy) is 1. The molecular weight excluding hydrogens is 378 g/mol. The third-order valence-electron chi connectivity index (χ3n) is 6.48. The summed E-state index contributed by atoms with van der Waals surface area (Å²) < 4.78 is 7.60. The number of likely N-dealkylation sites (tertiary alicyclic amines) is 1.